The molecule has 0 bridgehead atoms. The summed E-state index contributed by atoms with van der Waals surface area (Å²) < 4.78 is 34.2. The minimum Gasteiger partial charge on any atom is -0.401 e. The van der Waals surface area contributed by atoms with Crippen LogP contribution < -0.4 is 0 Å². The first-order chi connectivity index (χ1) is 13.5. The number of piperidine rings is 1. The van der Waals surface area contributed by atoms with Crippen molar-refractivity contribution in [1.82, 2.24) is 4.90 Å². The zero-order valence-corrected chi connectivity index (χ0v) is 24.3. The van der Waals surface area contributed by atoms with Gasteiger partial charge in [0.1, 0.15) is 0 Å². The van der Waals surface area contributed by atoms with Gasteiger partial charge in [-0.25, -0.2) is 0 Å². The number of likely N-dealkylation sites (tertiary alicyclic amines) is 1. The molecule has 1 aromatic carbocycles. The van der Waals surface area contributed by atoms with E-state index in [4.69, 9.17) is 12.9 Å². The molecular formula is C21H42NO4PSi3. The van der Waals surface area contributed by atoms with Crippen molar-refractivity contribution in [2.75, 3.05) is 13.1 Å². The Labute approximate surface area is 187 Å². The third kappa shape index (κ3) is 7.81. The fourth-order valence-corrected chi connectivity index (χ4v) is 14.8. The molecule has 1 saturated heterocycles. The Hall–Kier alpha value is -0.0594. The molecule has 1 aliphatic rings. The molecular weight excluding hydrogens is 445 g/mol. The highest BCUT2D eigenvalue weighted by Gasteiger charge is 2.57. The Bertz CT molecular complexity index is 713. The summed E-state index contributed by atoms with van der Waals surface area (Å²) in [5.41, 5.74) is 1.30. The average Bonchev–Trinajstić information content (AvgIpc) is 2.53. The van der Waals surface area contributed by atoms with E-state index in [1.807, 2.05) is 6.07 Å². The van der Waals surface area contributed by atoms with Crippen LogP contribution in [-0.2, 0) is 24.0 Å². The van der Waals surface area contributed by atoms with Gasteiger partial charge in [-0.1, -0.05) is 30.3 Å². The van der Waals surface area contributed by atoms with Gasteiger partial charge in [0.2, 0.25) is 0 Å². The van der Waals surface area contributed by atoms with E-state index in [9.17, 15) is 4.57 Å². The number of rotatable bonds is 9. The van der Waals surface area contributed by atoms with Crippen LogP contribution in [0, 0.1) is 0 Å². The fraction of sp³-hybridized carbons (Fsp3) is 0.714. The summed E-state index contributed by atoms with van der Waals surface area (Å²) in [4.78, 5) is 2.43. The summed E-state index contributed by atoms with van der Waals surface area (Å²) in [7, 11) is -9.70. The summed E-state index contributed by atoms with van der Waals surface area (Å²) in [6.45, 7) is 21.5. The van der Waals surface area contributed by atoms with Crippen LogP contribution in [0.15, 0.2) is 30.3 Å². The minimum atomic E-state index is -3.46. The Morgan fingerprint density at radius 1 is 0.833 bits per heavy atom. The van der Waals surface area contributed by atoms with Crippen molar-refractivity contribution in [3.05, 3.63) is 35.9 Å². The third-order valence-electron chi connectivity index (χ3n) is 4.67. The van der Waals surface area contributed by atoms with Crippen LogP contribution in [-0.4, -0.2) is 48.3 Å². The van der Waals surface area contributed by atoms with Crippen LogP contribution in [0.3, 0.4) is 0 Å². The standard InChI is InChI=1S/C21H42NO4PSi3/c1-28(2,3)24-21(27(23,25-29(4,5)6)26-30(7,8)9)15-17-22(18-16-21)19-20-13-11-10-12-14-20/h10-14H,15-19H2,1-9H3. The third-order valence-corrected chi connectivity index (χ3v) is 13.7. The first-order valence-electron chi connectivity index (χ1n) is 11.0. The molecule has 1 aromatic rings. The zero-order valence-electron chi connectivity index (χ0n) is 20.4. The van der Waals surface area contributed by atoms with Crippen LogP contribution in [0.4, 0.5) is 0 Å². The van der Waals surface area contributed by atoms with Gasteiger partial charge in [-0.05, 0) is 77.3 Å². The summed E-state index contributed by atoms with van der Waals surface area (Å²) in [5.74, 6) is 0. The highest BCUT2D eigenvalue weighted by Crippen LogP contribution is 2.67. The summed E-state index contributed by atoms with van der Waals surface area (Å²) in [6, 6.07) is 10.5. The molecule has 0 atom stereocenters. The first kappa shape index (κ1) is 26.2. The number of hydrogen-bond donors (Lipinski definition) is 0. The number of benzene rings is 1. The zero-order chi connectivity index (χ0) is 22.8. The van der Waals surface area contributed by atoms with E-state index in [1.54, 1.807) is 0 Å². The summed E-state index contributed by atoms with van der Waals surface area (Å²) in [6.07, 6.45) is 1.35. The fourth-order valence-electron chi connectivity index (χ4n) is 3.81. The second-order valence-electron chi connectivity index (χ2n) is 11.3. The first-order valence-corrected chi connectivity index (χ1v) is 22.8. The molecule has 0 aromatic heterocycles. The summed E-state index contributed by atoms with van der Waals surface area (Å²) in [5, 5.41) is -0.842. The molecule has 0 radical (unpaired) electrons. The molecule has 0 saturated carbocycles. The van der Waals surface area contributed by atoms with E-state index >= 15 is 0 Å². The maximum Gasteiger partial charge on any atom is 0.341 e. The molecule has 30 heavy (non-hydrogen) atoms. The lowest BCUT2D eigenvalue weighted by atomic mass is 10.1. The molecule has 0 spiro atoms. The van der Waals surface area contributed by atoms with Crippen molar-refractivity contribution < 1.29 is 17.4 Å². The predicted molar refractivity (Wildman–Crippen MR) is 135 cm³/mol. The van der Waals surface area contributed by atoms with Crippen molar-refractivity contribution >= 4 is 32.5 Å². The SMILES string of the molecule is C[Si](C)(C)OC1(P(=O)(O[Si](C)(C)C)O[Si](C)(C)C)CCN(Cc2ccccc2)CC1. The van der Waals surface area contributed by atoms with Crippen LogP contribution in [0.5, 0.6) is 0 Å². The van der Waals surface area contributed by atoms with E-state index in [2.05, 4.69) is 88.1 Å². The van der Waals surface area contributed by atoms with Gasteiger partial charge in [-0.15, -0.1) is 0 Å². The van der Waals surface area contributed by atoms with E-state index in [0.717, 1.165) is 19.6 Å². The smallest absolute Gasteiger partial charge is 0.341 e. The van der Waals surface area contributed by atoms with E-state index in [0.29, 0.717) is 12.8 Å². The van der Waals surface area contributed by atoms with Gasteiger partial charge >= 0.3 is 7.60 Å². The van der Waals surface area contributed by atoms with Gasteiger partial charge in [-0.2, -0.15) is 0 Å². The lowest BCUT2D eigenvalue weighted by Crippen LogP contribution is -2.52. The highest BCUT2D eigenvalue weighted by atomic mass is 31.2. The predicted octanol–water partition coefficient (Wildman–Crippen LogP) is 6.73. The molecule has 0 aliphatic carbocycles. The Kier molecular flexibility index (Phi) is 8.24. The topological polar surface area (TPSA) is 48.0 Å². The maximum absolute atomic E-state index is 14.6. The van der Waals surface area contributed by atoms with Crippen LogP contribution >= 0.6 is 7.60 Å². The lowest BCUT2D eigenvalue weighted by molar-refractivity contribution is 0.0383. The Morgan fingerprint density at radius 3 is 1.70 bits per heavy atom. The van der Waals surface area contributed by atoms with Crippen LogP contribution in [0.2, 0.25) is 58.9 Å². The van der Waals surface area contributed by atoms with Gasteiger partial charge < -0.3 is 12.9 Å². The molecule has 1 fully saturated rings. The van der Waals surface area contributed by atoms with Gasteiger partial charge in [0, 0.05) is 19.6 Å². The molecule has 1 aliphatic heterocycles. The molecule has 0 N–H and O–H groups in total. The minimum absolute atomic E-state index is 0.677. The normalized spacial score (nSPS) is 19.1. The molecule has 1 heterocycles. The van der Waals surface area contributed by atoms with Crippen molar-refractivity contribution in [2.45, 2.75) is 83.7 Å². The summed E-state index contributed by atoms with van der Waals surface area (Å²) >= 11 is 0. The molecule has 9 heteroatoms. The second-order valence-corrected chi connectivity index (χ2v) is 27.5. The van der Waals surface area contributed by atoms with Gasteiger partial charge in [0.05, 0.1) is 0 Å². The molecule has 0 amide bonds. The van der Waals surface area contributed by atoms with E-state index < -0.39 is 37.9 Å². The lowest BCUT2D eigenvalue weighted by Gasteiger charge is -2.50. The van der Waals surface area contributed by atoms with Crippen molar-refractivity contribution in [2.24, 2.45) is 0 Å². The molecule has 2 rings (SSSR count). The molecule has 0 unspecified atom stereocenters. The van der Waals surface area contributed by atoms with Gasteiger partial charge in [0.25, 0.3) is 0 Å². The quantitative estimate of drug-likeness (QED) is 0.286. The van der Waals surface area contributed by atoms with Crippen LogP contribution in [0.25, 0.3) is 0 Å². The van der Waals surface area contributed by atoms with Crippen LogP contribution in [0.1, 0.15) is 18.4 Å². The molecule has 5 nitrogen and oxygen atoms in total. The van der Waals surface area contributed by atoms with E-state index in [1.165, 1.54) is 5.56 Å². The Balaban J connectivity index is 2.34. The average molecular weight is 488 g/mol. The van der Waals surface area contributed by atoms with E-state index in [-0.39, 0.29) is 0 Å². The van der Waals surface area contributed by atoms with Crippen molar-refractivity contribution in [1.29, 1.82) is 0 Å². The maximum atomic E-state index is 14.6. The van der Waals surface area contributed by atoms with Gasteiger partial charge in [0.15, 0.2) is 30.3 Å². The number of hydrogen-bond acceptors (Lipinski definition) is 5. The molecule has 172 valence electrons. The second kappa shape index (κ2) is 9.43. The highest BCUT2D eigenvalue weighted by molar-refractivity contribution is 7.58. The number of nitrogens with zero attached hydrogens (tertiary/aromatic N) is 1. The Morgan fingerprint density at radius 2 is 1.30 bits per heavy atom. The van der Waals surface area contributed by atoms with Crippen molar-refractivity contribution in [3.63, 3.8) is 0 Å². The van der Waals surface area contributed by atoms with Gasteiger partial charge in [-0.3, -0.25) is 9.46 Å². The monoisotopic (exact) mass is 487 g/mol. The van der Waals surface area contributed by atoms with Crippen molar-refractivity contribution in [3.8, 4) is 0 Å². The largest absolute Gasteiger partial charge is 0.401 e.